The summed E-state index contributed by atoms with van der Waals surface area (Å²) in [5, 5.41) is 3.31. The van der Waals surface area contributed by atoms with Gasteiger partial charge in [0.2, 0.25) is 0 Å². The van der Waals surface area contributed by atoms with Gasteiger partial charge in [-0.15, -0.1) is 0 Å². The highest BCUT2D eigenvalue weighted by molar-refractivity contribution is 5.99. The Labute approximate surface area is 104 Å². The van der Waals surface area contributed by atoms with Gasteiger partial charge in [-0.2, -0.15) is 0 Å². The Morgan fingerprint density at radius 3 is 2.24 bits per heavy atom. The normalized spacial score (nSPS) is 14.4. The third-order valence-electron chi connectivity index (χ3n) is 3.19. The molecular weight excluding hydrogens is 210 g/mol. The second kappa shape index (κ2) is 6.55. The predicted octanol–water partition coefficient (Wildman–Crippen LogP) is 3.21. The highest BCUT2D eigenvalue weighted by Gasteiger charge is 2.16. The zero-order valence-corrected chi connectivity index (χ0v) is 11.3. The summed E-state index contributed by atoms with van der Waals surface area (Å²) < 4.78 is 0. The van der Waals surface area contributed by atoms with Crippen molar-refractivity contribution >= 4 is 5.78 Å². The van der Waals surface area contributed by atoms with E-state index >= 15 is 0 Å². The van der Waals surface area contributed by atoms with Crippen molar-refractivity contribution in [1.29, 1.82) is 0 Å². The van der Waals surface area contributed by atoms with E-state index in [0.29, 0.717) is 6.04 Å². The fourth-order valence-corrected chi connectivity index (χ4v) is 1.78. The maximum absolute atomic E-state index is 12.1. The zero-order valence-electron chi connectivity index (χ0n) is 11.3. The van der Waals surface area contributed by atoms with Crippen molar-refractivity contribution < 1.29 is 4.79 Å². The van der Waals surface area contributed by atoms with Gasteiger partial charge in [-0.3, -0.25) is 4.79 Å². The summed E-state index contributed by atoms with van der Waals surface area (Å²) >= 11 is 0. The van der Waals surface area contributed by atoms with E-state index in [9.17, 15) is 4.79 Å². The lowest BCUT2D eigenvalue weighted by molar-refractivity contribution is 0.0945. The molecule has 0 amide bonds. The second-order valence-corrected chi connectivity index (χ2v) is 4.61. The molecule has 2 atom stereocenters. The van der Waals surface area contributed by atoms with Gasteiger partial charge in [0.15, 0.2) is 5.78 Å². The monoisotopic (exact) mass is 233 g/mol. The number of benzene rings is 1. The molecule has 0 bridgehead atoms. The molecule has 1 rings (SSSR count). The molecule has 1 N–H and O–H groups in total. The molecule has 1 aromatic rings. The first kappa shape index (κ1) is 13.9. The molecule has 0 heterocycles. The number of hydrogen-bond donors (Lipinski definition) is 1. The summed E-state index contributed by atoms with van der Waals surface area (Å²) in [5.41, 5.74) is 2.06. The van der Waals surface area contributed by atoms with Crippen molar-refractivity contribution in [2.75, 3.05) is 0 Å². The molecule has 0 fully saturated rings. The van der Waals surface area contributed by atoms with Gasteiger partial charge in [-0.25, -0.2) is 0 Å². The van der Waals surface area contributed by atoms with E-state index in [-0.39, 0.29) is 11.8 Å². The number of hydrogen-bond acceptors (Lipinski definition) is 2. The Bertz CT molecular complexity index is 356. The van der Waals surface area contributed by atoms with Gasteiger partial charge < -0.3 is 5.32 Å². The molecular formula is C15H23NO. The average Bonchev–Trinajstić information content (AvgIpc) is 2.37. The third kappa shape index (κ3) is 3.97. The first-order valence-electron chi connectivity index (χ1n) is 6.47. The van der Waals surface area contributed by atoms with Gasteiger partial charge >= 0.3 is 0 Å². The number of nitrogens with one attached hydrogen (secondary N) is 1. The van der Waals surface area contributed by atoms with Crippen LogP contribution < -0.4 is 5.32 Å². The molecule has 2 nitrogen and oxygen atoms in total. The molecule has 0 aromatic heterocycles. The molecule has 0 aliphatic carbocycles. The standard InChI is InChI=1S/C15H23NO/c1-5-11(3)16-12(4)15(17)14-9-7-13(6-2)8-10-14/h7-12,16H,5-6H2,1-4H3. The number of ketones is 1. The van der Waals surface area contributed by atoms with Crippen LogP contribution in [0.5, 0.6) is 0 Å². The number of aryl methyl sites for hydroxylation is 1. The molecule has 0 aliphatic rings. The van der Waals surface area contributed by atoms with Crippen molar-refractivity contribution in [3.8, 4) is 0 Å². The minimum atomic E-state index is -0.113. The number of Topliss-reactive ketones (excluding diaryl/α,β-unsaturated/α-hetero) is 1. The number of carbonyl (C=O) groups excluding carboxylic acids is 1. The van der Waals surface area contributed by atoms with Crippen LogP contribution in [0.3, 0.4) is 0 Å². The maximum atomic E-state index is 12.1. The third-order valence-corrected chi connectivity index (χ3v) is 3.19. The molecule has 0 radical (unpaired) electrons. The second-order valence-electron chi connectivity index (χ2n) is 4.61. The van der Waals surface area contributed by atoms with Crippen LogP contribution in [0, 0.1) is 0 Å². The molecule has 2 unspecified atom stereocenters. The quantitative estimate of drug-likeness (QED) is 0.764. The van der Waals surface area contributed by atoms with Gasteiger partial charge in [-0.1, -0.05) is 38.1 Å². The van der Waals surface area contributed by atoms with Crippen LogP contribution in [0.25, 0.3) is 0 Å². The van der Waals surface area contributed by atoms with Crippen molar-refractivity contribution in [2.45, 2.75) is 52.6 Å². The fourth-order valence-electron chi connectivity index (χ4n) is 1.78. The summed E-state index contributed by atoms with van der Waals surface area (Å²) in [7, 11) is 0. The van der Waals surface area contributed by atoms with Crippen LogP contribution in [0.4, 0.5) is 0 Å². The van der Waals surface area contributed by atoms with E-state index in [1.54, 1.807) is 0 Å². The first-order chi connectivity index (χ1) is 8.08. The molecule has 94 valence electrons. The molecule has 0 spiro atoms. The maximum Gasteiger partial charge on any atom is 0.179 e. The van der Waals surface area contributed by atoms with Crippen molar-refractivity contribution in [3.05, 3.63) is 35.4 Å². The Hall–Kier alpha value is -1.15. The van der Waals surface area contributed by atoms with E-state index < -0.39 is 0 Å². The van der Waals surface area contributed by atoms with Gasteiger partial charge in [0.25, 0.3) is 0 Å². The van der Waals surface area contributed by atoms with Crippen LogP contribution in [0.2, 0.25) is 0 Å². The Balaban J connectivity index is 2.67. The minimum absolute atomic E-state index is 0.113. The van der Waals surface area contributed by atoms with E-state index in [0.717, 1.165) is 18.4 Å². The highest BCUT2D eigenvalue weighted by atomic mass is 16.1. The summed E-state index contributed by atoms with van der Waals surface area (Å²) in [6, 6.07) is 8.18. The molecule has 2 heteroatoms. The SMILES string of the molecule is CCc1ccc(C(=O)C(C)NC(C)CC)cc1. The van der Waals surface area contributed by atoms with Crippen molar-refractivity contribution in [2.24, 2.45) is 0 Å². The van der Waals surface area contributed by atoms with E-state index in [2.05, 4.69) is 26.1 Å². The molecule has 1 aromatic carbocycles. The van der Waals surface area contributed by atoms with Gasteiger partial charge in [0.05, 0.1) is 6.04 Å². The topological polar surface area (TPSA) is 29.1 Å². The lowest BCUT2D eigenvalue weighted by atomic mass is 10.0. The van der Waals surface area contributed by atoms with E-state index in [1.807, 2.05) is 31.2 Å². The summed E-state index contributed by atoms with van der Waals surface area (Å²) in [6.45, 7) is 8.26. The molecule has 17 heavy (non-hydrogen) atoms. The van der Waals surface area contributed by atoms with Crippen LogP contribution in [0.15, 0.2) is 24.3 Å². The largest absolute Gasteiger partial charge is 0.305 e. The van der Waals surface area contributed by atoms with Crippen LogP contribution in [-0.4, -0.2) is 17.9 Å². The average molecular weight is 233 g/mol. The highest BCUT2D eigenvalue weighted by Crippen LogP contribution is 2.08. The Morgan fingerprint density at radius 2 is 1.76 bits per heavy atom. The van der Waals surface area contributed by atoms with E-state index in [4.69, 9.17) is 0 Å². The fraction of sp³-hybridized carbons (Fsp3) is 0.533. The summed E-state index contributed by atoms with van der Waals surface area (Å²) in [4.78, 5) is 12.1. The Morgan fingerprint density at radius 1 is 1.18 bits per heavy atom. The molecule has 0 saturated carbocycles. The minimum Gasteiger partial charge on any atom is -0.305 e. The summed E-state index contributed by atoms with van der Waals surface area (Å²) in [5.74, 6) is 0.174. The van der Waals surface area contributed by atoms with Gasteiger partial charge in [-0.05, 0) is 32.3 Å². The van der Waals surface area contributed by atoms with E-state index in [1.165, 1.54) is 5.56 Å². The lowest BCUT2D eigenvalue weighted by Gasteiger charge is -2.17. The van der Waals surface area contributed by atoms with Crippen LogP contribution in [-0.2, 0) is 6.42 Å². The van der Waals surface area contributed by atoms with Crippen LogP contribution >= 0.6 is 0 Å². The predicted molar refractivity (Wildman–Crippen MR) is 72.5 cm³/mol. The molecule has 0 aliphatic heterocycles. The Kier molecular flexibility index (Phi) is 5.36. The number of carbonyl (C=O) groups is 1. The first-order valence-corrected chi connectivity index (χ1v) is 6.47. The lowest BCUT2D eigenvalue weighted by Crippen LogP contribution is -2.39. The van der Waals surface area contributed by atoms with Crippen LogP contribution in [0.1, 0.15) is 50.0 Å². The van der Waals surface area contributed by atoms with Gasteiger partial charge in [0, 0.05) is 11.6 Å². The smallest absolute Gasteiger partial charge is 0.179 e. The zero-order chi connectivity index (χ0) is 12.8. The van der Waals surface area contributed by atoms with Crippen molar-refractivity contribution in [3.63, 3.8) is 0 Å². The number of rotatable bonds is 6. The van der Waals surface area contributed by atoms with Crippen molar-refractivity contribution in [1.82, 2.24) is 5.32 Å². The molecule has 0 saturated heterocycles. The van der Waals surface area contributed by atoms with Gasteiger partial charge in [0.1, 0.15) is 0 Å². The summed E-state index contributed by atoms with van der Waals surface area (Å²) in [6.07, 6.45) is 2.04.